The summed E-state index contributed by atoms with van der Waals surface area (Å²) >= 11 is 5.87. The number of amides is 1. The standard InChI is InChI=1S/C18H20ClFN2O/c1-11(2)12-6-8-13(9-7-12)16(21)10-22-18(23)17-14(19)4-3-5-15(17)20/h3-9,11,16H,10,21H2,1-2H3,(H,22,23). The van der Waals surface area contributed by atoms with Gasteiger partial charge in [0.1, 0.15) is 5.82 Å². The first-order valence-corrected chi connectivity index (χ1v) is 7.85. The van der Waals surface area contributed by atoms with E-state index in [2.05, 4.69) is 19.2 Å². The average molecular weight is 335 g/mol. The fourth-order valence-electron chi connectivity index (χ4n) is 2.25. The summed E-state index contributed by atoms with van der Waals surface area (Å²) in [6.07, 6.45) is 0. The minimum absolute atomic E-state index is 0.0809. The highest BCUT2D eigenvalue weighted by Gasteiger charge is 2.16. The van der Waals surface area contributed by atoms with Gasteiger partial charge in [-0.2, -0.15) is 0 Å². The van der Waals surface area contributed by atoms with Gasteiger partial charge in [0.25, 0.3) is 5.91 Å². The number of benzene rings is 2. The maximum atomic E-state index is 13.7. The van der Waals surface area contributed by atoms with E-state index in [9.17, 15) is 9.18 Å². The molecule has 0 aliphatic heterocycles. The summed E-state index contributed by atoms with van der Waals surface area (Å²) < 4.78 is 13.7. The summed E-state index contributed by atoms with van der Waals surface area (Å²) in [7, 11) is 0. The van der Waals surface area contributed by atoms with Gasteiger partial charge >= 0.3 is 0 Å². The Bertz CT molecular complexity index is 666. The van der Waals surface area contributed by atoms with Gasteiger partial charge in [0.2, 0.25) is 0 Å². The molecular formula is C18H20ClFN2O. The van der Waals surface area contributed by atoms with Crippen molar-refractivity contribution in [3.63, 3.8) is 0 Å². The summed E-state index contributed by atoms with van der Waals surface area (Å²) in [5.74, 6) is -0.768. The third-order valence-corrected chi connectivity index (χ3v) is 4.02. The Hall–Kier alpha value is -1.91. The first-order chi connectivity index (χ1) is 10.9. The van der Waals surface area contributed by atoms with Crippen molar-refractivity contribution in [2.24, 2.45) is 5.73 Å². The molecule has 122 valence electrons. The van der Waals surface area contributed by atoms with E-state index in [1.54, 1.807) is 0 Å². The van der Waals surface area contributed by atoms with Crippen LogP contribution in [0.5, 0.6) is 0 Å². The third kappa shape index (κ3) is 4.30. The van der Waals surface area contributed by atoms with Crippen LogP contribution in [0.3, 0.4) is 0 Å². The van der Waals surface area contributed by atoms with Gasteiger partial charge in [-0.15, -0.1) is 0 Å². The molecule has 1 amide bonds. The molecule has 2 aromatic carbocycles. The largest absolute Gasteiger partial charge is 0.350 e. The van der Waals surface area contributed by atoms with Gasteiger partial charge in [-0.05, 0) is 29.2 Å². The predicted molar refractivity (Wildman–Crippen MR) is 91.2 cm³/mol. The van der Waals surface area contributed by atoms with Crippen LogP contribution < -0.4 is 11.1 Å². The Labute approximate surface area is 140 Å². The average Bonchev–Trinajstić information content (AvgIpc) is 2.52. The minimum Gasteiger partial charge on any atom is -0.350 e. The van der Waals surface area contributed by atoms with Gasteiger partial charge in [0.15, 0.2) is 0 Å². The van der Waals surface area contributed by atoms with E-state index >= 15 is 0 Å². The molecular weight excluding hydrogens is 315 g/mol. The lowest BCUT2D eigenvalue weighted by atomic mass is 9.99. The first kappa shape index (κ1) is 17.4. The summed E-state index contributed by atoms with van der Waals surface area (Å²) in [6, 6.07) is 11.7. The van der Waals surface area contributed by atoms with Gasteiger partial charge in [-0.25, -0.2) is 4.39 Å². The molecule has 0 aliphatic rings. The Morgan fingerprint density at radius 2 is 1.78 bits per heavy atom. The van der Waals surface area contributed by atoms with Crippen LogP contribution in [-0.2, 0) is 0 Å². The normalized spacial score (nSPS) is 12.3. The van der Waals surface area contributed by atoms with E-state index in [-0.39, 0.29) is 23.2 Å². The number of nitrogens with one attached hydrogen (secondary N) is 1. The Balaban J connectivity index is 2.01. The summed E-state index contributed by atoms with van der Waals surface area (Å²) in [5, 5.41) is 2.71. The van der Waals surface area contributed by atoms with E-state index in [1.165, 1.54) is 23.8 Å². The molecule has 2 aromatic rings. The number of rotatable bonds is 5. The monoisotopic (exact) mass is 334 g/mol. The van der Waals surface area contributed by atoms with Gasteiger partial charge in [-0.1, -0.05) is 55.8 Å². The number of carbonyl (C=O) groups excluding carboxylic acids is 1. The highest BCUT2D eigenvalue weighted by molar-refractivity contribution is 6.33. The molecule has 5 heteroatoms. The lowest BCUT2D eigenvalue weighted by molar-refractivity contribution is 0.0947. The molecule has 2 rings (SSSR count). The van der Waals surface area contributed by atoms with Crippen molar-refractivity contribution in [3.05, 3.63) is 70.0 Å². The fraction of sp³-hybridized carbons (Fsp3) is 0.278. The van der Waals surface area contributed by atoms with Gasteiger partial charge in [-0.3, -0.25) is 4.79 Å². The van der Waals surface area contributed by atoms with Gasteiger partial charge in [0, 0.05) is 12.6 Å². The minimum atomic E-state index is -0.648. The van der Waals surface area contributed by atoms with Crippen LogP contribution in [-0.4, -0.2) is 12.5 Å². The second-order valence-corrected chi connectivity index (χ2v) is 6.14. The summed E-state index contributed by atoms with van der Waals surface area (Å²) in [4.78, 5) is 12.1. The van der Waals surface area contributed by atoms with E-state index in [4.69, 9.17) is 17.3 Å². The molecule has 1 atom stereocenters. The molecule has 0 radical (unpaired) electrons. The van der Waals surface area contributed by atoms with Crippen molar-refractivity contribution >= 4 is 17.5 Å². The number of hydrogen-bond acceptors (Lipinski definition) is 2. The molecule has 0 saturated carbocycles. The number of halogens is 2. The van der Waals surface area contributed by atoms with E-state index in [0.29, 0.717) is 5.92 Å². The van der Waals surface area contributed by atoms with Crippen molar-refractivity contribution in [1.82, 2.24) is 5.32 Å². The van der Waals surface area contributed by atoms with Crippen molar-refractivity contribution in [2.75, 3.05) is 6.54 Å². The zero-order valence-corrected chi connectivity index (χ0v) is 13.9. The Morgan fingerprint density at radius 1 is 1.17 bits per heavy atom. The fourth-order valence-corrected chi connectivity index (χ4v) is 2.50. The van der Waals surface area contributed by atoms with Crippen LogP contribution in [0, 0.1) is 5.82 Å². The zero-order valence-electron chi connectivity index (χ0n) is 13.1. The smallest absolute Gasteiger partial charge is 0.255 e. The molecule has 0 heterocycles. The second kappa shape index (κ2) is 7.57. The van der Waals surface area contributed by atoms with Crippen LogP contribution in [0.2, 0.25) is 5.02 Å². The number of nitrogens with two attached hydrogens (primary N) is 1. The van der Waals surface area contributed by atoms with Crippen molar-refractivity contribution < 1.29 is 9.18 Å². The molecule has 0 aliphatic carbocycles. The lowest BCUT2D eigenvalue weighted by Crippen LogP contribution is -2.32. The quantitative estimate of drug-likeness (QED) is 0.867. The molecule has 0 saturated heterocycles. The van der Waals surface area contributed by atoms with Crippen molar-refractivity contribution in [2.45, 2.75) is 25.8 Å². The highest BCUT2D eigenvalue weighted by Crippen LogP contribution is 2.20. The molecule has 0 bridgehead atoms. The van der Waals surface area contributed by atoms with Crippen LogP contribution >= 0.6 is 11.6 Å². The highest BCUT2D eigenvalue weighted by atomic mass is 35.5. The Kier molecular flexibility index (Phi) is 5.74. The summed E-state index contributed by atoms with van der Waals surface area (Å²) in [6.45, 7) is 4.44. The zero-order chi connectivity index (χ0) is 17.0. The van der Waals surface area contributed by atoms with Gasteiger partial charge in [0.05, 0.1) is 10.6 Å². The third-order valence-electron chi connectivity index (χ3n) is 3.70. The van der Waals surface area contributed by atoms with Crippen molar-refractivity contribution in [3.8, 4) is 0 Å². The van der Waals surface area contributed by atoms with Crippen molar-refractivity contribution in [1.29, 1.82) is 0 Å². The molecule has 3 nitrogen and oxygen atoms in total. The molecule has 1 unspecified atom stereocenters. The SMILES string of the molecule is CC(C)c1ccc(C(N)CNC(=O)c2c(F)cccc2Cl)cc1. The molecule has 0 fully saturated rings. The van der Waals surface area contributed by atoms with Crippen LogP contribution in [0.4, 0.5) is 4.39 Å². The maximum absolute atomic E-state index is 13.7. The van der Waals surface area contributed by atoms with E-state index < -0.39 is 11.7 Å². The Morgan fingerprint density at radius 3 is 2.35 bits per heavy atom. The van der Waals surface area contributed by atoms with Gasteiger partial charge < -0.3 is 11.1 Å². The van der Waals surface area contributed by atoms with E-state index in [0.717, 1.165) is 5.56 Å². The van der Waals surface area contributed by atoms with Crippen LogP contribution in [0.15, 0.2) is 42.5 Å². The number of hydrogen-bond donors (Lipinski definition) is 2. The molecule has 0 spiro atoms. The lowest BCUT2D eigenvalue weighted by Gasteiger charge is -2.15. The number of carbonyl (C=O) groups is 1. The predicted octanol–water partition coefficient (Wildman–Crippen LogP) is 4.03. The first-order valence-electron chi connectivity index (χ1n) is 7.47. The van der Waals surface area contributed by atoms with E-state index in [1.807, 2.05) is 24.3 Å². The van der Waals surface area contributed by atoms with Crippen LogP contribution in [0.1, 0.15) is 47.3 Å². The topological polar surface area (TPSA) is 55.1 Å². The summed E-state index contributed by atoms with van der Waals surface area (Å²) in [5.41, 5.74) is 8.06. The molecule has 23 heavy (non-hydrogen) atoms. The molecule has 0 aromatic heterocycles. The molecule has 3 N–H and O–H groups in total. The van der Waals surface area contributed by atoms with Crippen LogP contribution in [0.25, 0.3) is 0 Å². The second-order valence-electron chi connectivity index (χ2n) is 5.73. The maximum Gasteiger partial charge on any atom is 0.255 e.